The minimum Gasteiger partial charge on any atom is -0.352 e. The first-order valence-electron chi connectivity index (χ1n) is 9.82. The Hall–Kier alpha value is -2.99. The first kappa shape index (κ1) is 19.3. The molecule has 6 heteroatoms. The van der Waals surface area contributed by atoms with E-state index in [-0.39, 0.29) is 17.7 Å². The van der Waals surface area contributed by atoms with Gasteiger partial charge in [0.05, 0.1) is 11.7 Å². The van der Waals surface area contributed by atoms with Crippen LogP contribution in [0.3, 0.4) is 0 Å². The molecule has 2 heterocycles. The first-order valence-corrected chi connectivity index (χ1v) is 10.7. The van der Waals surface area contributed by atoms with Crippen molar-refractivity contribution in [1.82, 2.24) is 15.2 Å². The van der Waals surface area contributed by atoms with Gasteiger partial charge in [0.15, 0.2) is 0 Å². The number of rotatable bonds is 5. The van der Waals surface area contributed by atoms with Gasteiger partial charge in [-0.1, -0.05) is 42.5 Å². The molecule has 0 bridgehead atoms. The van der Waals surface area contributed by atoms with Gasteiger partial charge < -0.3 is 10.2 Å². The highest BCUT2D eigenvalue weighted by Gasteiger charge is 2.25. The van der Waals surface area contributed by atoms with Gasteiger partial charge in [-0.2, -0.15) is 0 Å². The number of carbonyl (C=O) groups is 2. The molecule has 0 saturated carbocycles. The van der Waals surface area contributed by atoms with Crippen molar-refractivity contribution in [3.63, 3.8) is 0 Å². The molecule has 148 valence electrons. The second-order valence-corrected chi connectivity index (χ2v) is 8.16. The standard InChI is InChI=1S/C23H23N3O2S/c27-22(20-10-8-19(9-11-20)18-6-2-1-3-7-18)25-13-17-5-4-12-26(15-17)23(28)21-14-24-16-29-21/h1-3,6-11,14,16-17H,4-5,12-13,15H2,(H,25,27)/t17-/m0/s1. The number of hydrogen-bond acceptors (Lipinski definition) is 4. The maximum absolute atomic E-state index is 12.5. The number of amides is 2. The van der Waals surface area contributed by atoms with Gasteiger partial charge in [0.2, 0.25) is 0 Å². The van der Waals surface area contributed by atoms with Crippen LogP contribution in [0.2, 0.25) is 0 Å². The van der Waals surface area contributed by atoms with Gasteiger partial charge in [0.25, 0.3) is 11.8 Å². The van der Waals surface area contributed by atoms with Crippen molar-refractivity contribution in [3.8, 4) is 11.1 Å². The SMILES string of the molecule is O=C(NC[C@@H]1CCCN(C(=O)c2cncs2)C1)c1ccc(-c2ccccc2)cc1. The molecule has 5 nitrogen and oxygen atoms in total. The zero-order valence-electron chi connectivity index (χ0n) is 16.1. The average Bonchev–Trinajstić information content (AvgIpc) is 3.33. The molecule has 1 N–H and O–H groups in total. The zero-order chi connectivity index (χ0) is 20.1. The Morgan fingerprint density at radius 3 is 2.55 bits per heavy atom. The molecular weight excluding hydrogens is 382 g/mol. The fourth-order valence-electron chi connectivity index (χ4n) is 3.68. The number of aromatic nitrogens is 1. The topological polar surface area (TPSA) is 62.3 Å². The van der Waals surface area contributed by atoms with Crippen LogP contribution < -0.4 is 5.32 Å². The molecule has 1 aliphatic heterocycles. The quantitative estimate of drug-likeness (QED) is 0.695. The van der Waals surface area contributed by atoms with E-state index in [0.717, 1.165) is 30.5 Å². The van der Waals surface area contributed by atoms with E-state index >= 15 is 0 Å². The molecule has 29 heavy (non-hydrogen) atoms. The molecule has 2 amide bonds. The molecule has 1 saturated heterocycles. The third kappa shape index (κ3) is 4.71. The van der Waals surface area contributed by atoms with Gasteiger partial charge in [-0.3, -0.25) is 14.6 Å². The van der Waals surface area contributed by atoms with Crippen LogP contribution in [0.4, 0.5) is 0 Å². The van der Waals surface area contributed by atoms with Gasteiger partial charge >= 0.3 is 0 Å². The van der Waals surface area contributed by atoms with E-state index in [2.05, 4.69) is 22.4 Å². The highest BCUT2D eigenvalue weighted by molar-refractivity contribution is 7.11. The maximum Gasteiger partial charge on any atom is 0.265 e. The normalized spacial score (nSPS) is 16.4. The minimum atomic E-state index is -0.0736. The van der Waals surface area contributed by atoms with E-state index < -0.39 is 0 Å². The average molecular weight is 406 g/mol. The van der Waals surface area contributed by atoms with E-state index in [1.807, 2.05) is 47.4 Å². The Morgan fingerprint density at radius 1 is 1.07 bits per heavy atom. The lowest BCUT2D eigenvalue weighted by Crippen LogP contribution is -2.43. The summed E-state index contributed by atoms with van der Waals surface area (Å²) in [6, 6.07) is 17.8. The predicted octanol–water partition coefficient (Wildman–Crippen LogP) is 4.09. The number of hydrogen-bond donors (Lipinski definition) is 1. The van der Waals surface area contributed by atoms with Gasteiger partial charge in [-0.15, -0.1) is 11.3 Å². The Bertz CT molecular complexity index is 956. The number of carbonyl (C=O) groups excluding carboxylic acids is 2. The summed E-state index contributed by atoms with van der Waals surface area (Å²) < 4.78 is 0. The lowest BCUT2D eigenvalue weighted by molar-refractivity contribution is 0.0675. The molecule has 0 unspecified atom stereocenters. The smallest absolute Gasteiger partial charge is 0.265 e. The number of nitrogens with zero attached hydrogens (tertiary/aromatic N) is 2. The summed E-state index contributed by atoms with van der Waals surface area (Å²) >= 11 is 1.37. The molecule has 1 aliphatic rings. The highest BCUT2D eigenvalue weighted by atomic mass is 32.1. The van der Waals surface area contributed by atoms with E-state index in [9.17, 15) is 9.59 Å². The Balaban J connectivity index is 1.31. The highest BCUT2D eigenvalue weighted by Crippen LogP contribution is 2.21. The van der Waals surface area contributed by atoms with Gasteiger partial charge in [-0.05, 0) is 42.0 Å². The number of benzene rings is 2. The molecule has 1 fully saturated rings. The van der Waals surface area contributed by atoms with Crippen molar-refractivity contribution in [3.05, 3.63) is 76.7 Å². The van der Waals surface area contributed by atoms with E-state index in [1.54, 1.807) is 11.7 Å². The van der Waals surface area contributed by atoms with Crippen molar-refractivity contribution in [2.24, 2.45) is 5.92 Å². The van der Waals surface area contributed by atoms with Crippen LogP contribution in [0.15, 0.2) is 66.3 Å². The summed E-state index contributed by atoms with van der Waals surface area (Å²) in [5, 5.41) is 3.04. The van der Waals surface area contributed by atoms with Crippen LogP contribution in [0.5, 0.6) is 0 Å². The van der Waals surface area contributed by atoms with Crippen molar-refractivity contribution in [1.29, 1.82) is 0 Å². The van der Waals surface area contributed by atoms with E-state index in [4.69, 9.17) is 0 Å². The fraction of sp³-hybridized carbons (Fsp3) is 0.261. The van der Waals surface area contributed by atoms with Crippen LogP contribution in [0, 0.1) is 5.92 Å². The Labute approximate surface area is 174 Å². The molecule has 1 aromatic heterocycles. The monoisotopic (exact) mass is 405 g/mol. The Morgan fingerprint density at radius 2 is 1.83 bits per heavy atom. The van der Waals surface area contributed by atoms with Crippen LogP contribution in [0.1, 0.15) is 32.9 Å². The molecule has 0 spiro atoms. The summed E-state index contributed by atoms with van der Waals surface area (Å²) in [6.07, 6.45) is 3.59. The van der Waals surface area contributed by atoms with Crippen molar-refractivity contribution < 1.29 is 9.59 Å². The Kier molecular flexibility index (Phi) is 6.00. The molecular formula is C23H23N3O2S. The first-order chi connectivity index (χ1) is 14.2. The van der Waals surface area contributed by atoms with Crippen LogP contribution >= 0.6 is 11.3 Å². The second-order valence-electron chi connectivity index (χ2n) is 7.28. The number of thiazole rings is 1. The molecule has 3 aromatic rings. The molecule has 0 radical (unpaired) electrons. The number of likely N-dealkylation sites (tertiary alicyclic amines) is 1. The predicted molar refractivity (Wildman–Crippen MR) is 115 cm³/mol. The van der Waals surface area contributed by atoms with Crippen molar-refractivity contribution in [2.75, 3.05) is 19.6 Å². The largest absolute Gasteiger partial charge is 0.352 e. The van der Waals surface area contributed by atoms with Crippen molar-refractivity contribution >= 4 is 23.2 Å². The lowest BCUT2D eigenvalue weighted by atomic mass is 9.97. The van der Waals surface area contributed by atoms with Gasteiger partial charge in [0, 0.05) is 25.2 Å². The molecule has 1 atom stereocenters. The number of nitrogens with one attached hydrogen (secondary N) is 1. The van der Waals surface area contributed by atoms with Crippen molar-refractivity contribution in [2.45, 2.75) is 12.8 Å². The molecule has 0 aliphatic carbocycles. The zero-order valence-corrected chi connectivity index (χ0v) is 16.9. The summed E-state index contributed by atoms with van der Waals surface area (Å²) in [5.41, 5.74) is 4.55. The lowest BCUT2D eigenvalue weighted by Gasteiger charge is -2.32. The molecule has 2 aromatic carbocycles. The van der Waals surface area contributed by atoms with Gasteiger partial charge in [0.1, 0.15) is 4.88 Å². The maximum atomic E-state index is 12.5. The summed E-state index contributed by atoms with van der Waals surface area (Å²) in [5.74, 6) is 0.240. The molecule has 4 rings (SSSR count). The summed E-state index contributed by atoms with van der Waals surface area (Å²) in [4.78, 5) is 31.6. The van der Waals surface area contributed by atoms with Crippen LogP contribution in [-0.2, 0) is 0 Å². The third-order valence-corrected chi connectivity index (χ3v) is 6.02. The second kappa shape index (κ2) is 9.01. The number of piperidine rings is 1. The minimum absolute atomic E-state index is 0.0417. The van der Waals surface area contributed by atoms with E-state index in [0.29, 0.717) is 23.5 Å². The summed E-state index contributed by atoms with van der Waals surface area (Å²) in [7, 11) is 0. The summed E-state index contributed by atoms with van der Waals surface area (Å²) in [6.45, 7) is 2.01. The van der Waals surface area contributed by atoms with E-state index in [1.165, 1.54) is 11.3 Å². The van der Waals surface area contributed by atoms with Crippen LogP contribution in [0.25, 0.3) is 11.1 Å². The fourth-order valence-corrected chi connectivity index (χ4v) is 4.26. The third-order valence-electron chi connectivity index (χ3n) is 5.25. The van der Waals surface area contributed by atoms with Gasteiger partial charge in [-0.25, -0.2) is 0 Å². The van der Waals surface area contributed by atoms with Crippen LogP contribution in [-0.4, -0.2) is 41.3 Å².